The minimum Gasteiger partial charge on any atom is -0.353 e. The largest absolute Gasteiger partial charge is 0.353 e. The Morgan fingerprint density at radius 2 is 1.52 bits per heavy atom. The van der Waals surface area contributed by atoms with Crippen LogP contribution in [0.4, 0.5) is 0 Å². The van der Waals surface area contributed by atoms with Gasteiger partial charge in [0.25, 0.3) is 0 Å². The minimum absolute atomic E-state index is 0.0346. The predicted molar refractivity (Wildman–Crippen MR) is 115 cm³/mol. The second-order valence-corrected chi connectivity index (χ2v) is 8.74. The van der Waals surface area contributed by atoms with E-state index in [2.05, 4.69) is 19.2 Å². The average Bonchev–Trinajstić information content (AvgIpc) is 2.74. The van der Waals surface area contributed by atoms with Crippen LogP contribution in [0.2, 0.25) is 0 Å². The lowest BCUT2D eigenvalue weighted by molar-refractivity contribution is -0.137. The van der Waals surface area contributed by atoms with Crippen molar-refractivity contribution in [1.82, 2.24) is 15.1 Å². The van der Waals surface area contributed by atoms with Crippen LogP contribution >= 0.6 is 0 Å². The predicted octanol–water partition coefficient (Wildman–Crippen LogP) is 3.49. The van der Waals surface area contributed by atoms with Gasteiger partial charge < -0.3 is 15.1 Å². The normalized spacial score (nSPS) is 18.5. The first kappa shape index (κ1) is 23.7. The number of likely N-dealkylation sites (tertiary alicyclic amines) is 1. The summed E-state index contributed by atoms with van der Waals surface area (Å²) < 4.78 is 0. The van der Waals surface area contributed by atoms with Crippen LogP contribution in [0, 0.1) is 5.92 Å². The molecule has 6 heteroatoms. The molecule has 0 bridgehead atoms. The molecule has 6 nitrogen and oxygen atoms in total. The van der Waals surface area contributed by atoms with Gasteiger partial charge in [0.15, 0.2) is 0 Å². The van der Waals surface area contributed by atoms with E-state index in [4.69, 9.17) is 0 Å². The number of carbonyl (C=O) groups excluding carboxylic acids is 3. The molecule has 0 atom stereocenters. The second-order valence-electron chi connectivity index (χ2n) is 8.74. The summed E-state index contributed by atoms with van der Waals surface area (Å²) in [4.78, 5) is 41.1. The van der Waals surface area contributed by atoms with Crippen molar-refractivity contribution in [1.29, 1.82) is 0 Å². The van der Waals surface area contributed by atoms with Crippen molar-refractivity contribution >= 4 is 17.7 Å². The Morgan fingerprint density at radius 3 is 2.10 bits per heavy atom. The molecule has 1 N–H and O–H groups in total. The highest BCUT2D eigenvalue weighted by Gasteiger charge is 2.29. The number of amides is 3. The van der Waals surface area contributed by atoms with Gasteiger partial charge in [-0.25, -0.2) is 0 Å². The Morgan fingerprint density at radius 1 is 0.897 bits per heavy atom. The number of nitrogens with zero attached hydrogens (tertiary/aromatic N) is 2. The summed E-state index contributed by atoms with van der Waals surface area (Å²) in [5.41, 5.74) is 0. The molecule has 2 rings (SSSR count). The van der Waals surface area contributed by atoms with E-state index < -0.39 is 0 Å². The maximum absolute atomic E-state index is 12.6. The number of rotatable bonds is 10. The van der Waals surface area contributed by atoms with Crippen LogP contribution in [0.15, 0.2) is 0 Å². The molecule has 1 saturated carbocycles. The topological polar surface area (TPSA) is 69.7 Å². The van der Waals surface area contributed by atoms with Crippen molar-refractivity contribution in [2.24, 2.45) is 5.92 Å². The van der Waals surface area contributed by atoms with Crippen LogP contribution < -0.4 is 5.32 Å². The van der Waals surface area contributed by atoms with E-state index >= 15 is 0 Å². The van der Waals surface area contributed by atoms with E-state index in [1.54, 1.807) is 0 Å². The number of piperidine rings is 1. The van der Waals surface area contributed by atoms with Gasteiger partial charge in [-0.1, -0.05) is 33.1 Å². The third-order valence-corrected chi connectivity index (χ3v) is 6.26. The van der Waals surface area contributed by atoms with Crippen LogP contribution in [-0.2, 0) is 14.4 Å². The quantitative estimate of drug-likeness (QED) is 0.603. The Kier molecular flexibility index (Phi) is 10.5. The third-order valence-electron chi connectivity index (χ3n) is 6.26. The molecule has 0 aromatic rings. The average molecular weight is 408 g/mol. The zero-order chi connectivity index (χ0) is 21.1. The van der Waals surface area contributed by atoms with Crippen molar-refractivity contribution in [3.8, 4) is 0 Å². The maximum Gasteiger partial charge on any atom is 0.225 e. The van der Waals surface area contributed by atoms with E-state index in [0.29, 0.717) is 25.2 Å². The molecule has 1 saturated heterocycles. The zero-order valence-corrected chi connectivity index (χ0v) is 18.6. The zero-order valence-electron chi connectivity index (χ0n) is 18.6. The fraction of sp³-hybridized carbons (Fsp3) is 0.870. The Bertz CT molecular complexity index is 517. The van der Waals surface area contributed by atoms with Crippen LogP contribution in [0.3, 0.4) is 0 Å². The number of nitrogens with one attached hydrogen (secondary N) is 1. The molecular formula is C23H41N3O3. The van der Waals surface area contributed by atoms with Crippen LogP contribution in [-0.4, -0.2) is 59.7 Å². The van der Waals surface area contributed by atoms with Crippen molar-refractivity contribution in [3.05, 3.63) is 0 Å². The third kappa shape index (κ3) is 7.98. The highest BCUT2D eigenvalue weighted by Crippen LogP contribution is 2.26. The molecule has 1 heterocycles. The van der Waals surface area contributed by atoms with Crippen molar-refractivity contribution in [2.45, 2.75) is 96.9 Å². The van der Waals surface area contributed by atoms with Crippen molar-refractivity contribution in [2.75, 3.05) is 26.2 Å². The molecule has 3 amide bonds. The van der Waals surface area contributed by atoms with Crippen molar-refractivity contribution < 1.29 is 14.4 Å². The van der Waals surface area contributed by atoms with Gasteiger partial charge in [-0.2, -0.15) is 0 Å². The fourth-order valence-corrected chi connectivity index (χ4v) is 4.61. The van der Waals surface area contributed by atoms with E-state index in [0.717, 1.165) is 64.7 Å². The first-order valence-electron chi connectivity index (χ1n) is 11.9. The van der Waals surface area contributed by atoms with E-state index in [-0.39, 0.29) is 23.8 Å². The van der Waals surface area contributed by atoms with E-state index in [9.17, 15) is 14.4 Å². The summed E-state index contributed by atoms with van der Waals surface area (Å²) >= 11 is 0. The summed E-state index contributed by atoms with van der Waals surface area (Å²) in [6, 6.07) is 0.158. The van der Waals surface area contributed by atoms with Crippen molar-refractivity contribution in [3.63, 3.8) is 0 Å². The Hall–Kier alpha value is -1.59. The van der Waals surface area contributed by atoms with Gasteiger partial charge in [-0.15, -0.1) is 0 Å². The molecule has 2 aliphatic rings. The molecule has 1 aliphatic carbocycles. The maximum atomic E-state index is 12.6. The van der Waals surface area contributed by atoms with Gasteiger partial charge in [0.05, 0.1) is 0 Å². The molecule has 166 valence electrons. The van der Waals surface area contributed by atoms with E-state index in [1.807, 2.05) is 9.80 Å². The van der Waals surface area contributed by atoms with Gasteiger partial charge in [-0.05, 0) is 44.9 Å². The SMILES string of the molecule is CCCN(CCC)C(=O)CCCC(=O)NC1CCN(C(=O)C2CCCCC2)CC1. The summed E-state index contributed by atoms with van der Waals surface area (Å²) in [7, 11) is 0. The summed E-state index contributed by atoms with van der Waals surface area (Å²) in [6.07, 6.45) is 10.8. The van der Waals surface area contributed by atoms with Gasteiger partial charge in [0, 0.05) is 51.0 Å². The molecular weight excluding hydrogens is 366 g/mol. The molecule has 0 aromatic carbocycles. The highest BCUT2D eigenvalue weighted by molar-refractivity contribution is 5.80. The second kappa shape index (κ2) is 12.9. The summed E-state index contributed by atoms with van der Waals surface area (Å²) in [5, 5.41) is 3.11. The number of hydrogen-bond donors (Lipinski definition) is 1. The van der Waals surface area contributed by atoms with Gasteiger partial charge in [-0.3, -0.25) is 14.4 Å². The fourth-order valence-electron chi connectivity index (χ4n) is 4.61. The number of hydrogen-bond acceptors (Lipinski definition) is 3. The molecule has 2 fully saturated rings. The lowest BCUT2D eigenvalue weighted by atomic mass is 9.87. The first-order chi connectivity index (χ1) is 14.0. The van der Waals surface area contributed by atoms with Gasteiger partial charge in [0.2, 0.25) is 17.7 Å². The van der Waals surface area contributed by atoms with Crippen LogP contribution in [0.1, 0.15) is 90.9 Å². The summed E-state index contributed by atoms with van der Waals surface area (Å²) in [6.45, 7) is 7.27. The van der Waals surface area contributed by atoms with Gasteiger partial charge in [0.1, 0.15) is 0 Å². The Labute approximate surface area is 176 Å². The molecule has 29 heavy (non-hydrogen) atoms. The number of carbonyl (C=O) groups is 3. The molecule has 0 radical (unpaired) electrons. The standard InChI is InChI=1S/C23H41N3O3/c1-3-15-25(16-4-2)22(28)12-8-11-21(27)24-20-13-17-26(18-14-20)23(29)19-9-6-5-7-10-19/h19-20H,3-18H2,1-2H3,(H,24,27). The molecule has 0 spiro atoms. The molecule has 0 unspecified atom stereocenters. The first-order valence-corrected chi connectivity index (χ1v) is 11.9. The lowest BCUT2D eigenvalue weighted by Gasteiger charge is -2.35. The molecule has 1 aliphatic heterocycles. The van der Waals surface area contributed by atoms with Crippen LogP contribution in [0.5, 0.6) is 0 Å². The molecule has 0 aromatic heterocycles. The monoisotopic (exact) mass is 407 g/mol. The highest BCUT2D eigenvalue weighted by atomic mass is 16.2. The van der Waals surface area contributed by atoms with E-state index in [1.165, 1.54) is 19.3 Å². The smallest absolute Gasteiger partial charge is 0.225 e. The Balaban J connectivity index is 1.62. The minimum atomic E-state index is 0.0346. The van der Waals surface area contributed by atoms with Crippen LogP contribution in [0.25, 0.3) is 0 Å². The lowest BCUT2D eigenvalue weighted by Crippen LogP contribution is -2.48. The summed E-state index contributed by atoms with van der Waals surface area (Å²) in [5.74, 6) is 0.757. The van der Waals surface area contributed by atoms with Gasteiger partial charge >= 0.3 is 0 Å².